The molecule has 12 heteroatoms. The van der Waals surface area contributed by atoms with E-state index in [0.29, 0.717) is 5.57 Å². The monoisotopic (exact) mass is 520 g/mol. The van der Waals surface area contributed by atoms with Crippen LogP contribution in [0.3, 0.4) is 0 Å². The second kappa shape index (κ2) is 10.3. The maximum atomic E-state index is 12.9. The number of rotatable bonds is 7. The summed E-state index contributed by atoms with van der Waals surface area (Å²) in [7, 11) is 0. The Bertz CT molecular complexity index is 950. The third-order valence-electron chi connectivity index (χ3n) is 4.58. The molecule has 1 aromatic rings. The molecular formula is C20H19Cl3N2O6S. The largest absolute Gasteiger partial charge is 0.461 e. The van der Waals surface area contributed by atoms with E-state index in [1.54, 1.807) is 0 Å². The number of benzene rings is 1. The predicted octanol–water partition coefficient (Wildman–Crippen LogP) is 2.36. The molecule has 1 N–H and O–H groups in total. The van der Waals surface area contributed by atoms with Gasteiger partial charge < -0.3 is 14.8 Å². The van der Waals surface area contributed by atoms with Crippen molar-refractivity contribution in [3.63, 3.8) is 0 Å². The first-order chi connectivity index (χ1) is 15.1. The van der Waals surface area contributed by atoms with Gasteiger partial charge in [-0.2, -0.15) is 0 Å². The number of fused-ring (bicyclic) bond motifs is 1. The van der Waals surface area contributed by atoms with E-state index in [1.807, 2.05) is 30.3 Å². The molecule has 0 spiro atoms. The second-order valence-corrected chi connectivity index (χ2v) is 10.7. The number of nitrogens with zero attached hydrogens (tertiary/aromatic N) is 1. The van der Waals surface area contributed by atoms with Crippen LogP contribution in [-0.2, 0) is 35.1 Å². The van der Waals surface area contributed by atoms with Crippen molar-refractivity contribution in [1.82, 2.24) is 10.2 Å². The Kier molecular flexibility index (Phi) is 7.97. The number of nitrogens with one attached hydrogen (secondary N) is 1. The summed E-state index contributed by atoms with van der Waals surface area (Å²) in [4.78, 5) is 50.4. The van der Waals surface area contributed by atoms with Crippen LogP contribution in [0.4, 0.5) is 0 Å². The molecule has 1 saturated heterocycles. The fourth-order valence-electron chi connectivity index (χ4n) is 3.19. The van der Waals surface area contributed by atoms with Crippen LogP contribution in [0.1, 0.15) is 12.5 Å². The average Bonchev–Trinajstić information content (AvgIpc) is 2.73. The minimum atomic E-state index is -1.83. The van der Waals surface area contributed by atoms with Gasteiger partial charge >= 0.3 is 11.9 Å². The average molecular weight is 522 g/mol. The molecule has 0 aromatic heterocycles. The summed E-state index contributed by atoms with van der Waals surface area (Å²) in [6.45, 7) is 0.507. The highest BCUT2D eigenvalue weighted by molar-refractivity contribution is 8.00. The van der Waals surface area contributed by atoms with E-state index < -0.39 is 39.7 Å². The van der Waals surface area contributed by atoms with Crippen molar-refractivity contribution in [3.05, 3.63) is 47.2 Å². The maximum absolute atomic E-state index is 12.9. The van der Waals surface area contributed by atoms with Gasteiger partial charge in [0.05, 0.1) is 6.42 Å². The SMILES string of the molecule is CC(=O)OCC1=C(C(=O)OCC(Cl)(Cl)Cl)N2C(=O)[C@@H](NC(=O)Cc3ccccc3)[C@@H]2SC1. The Morgan fingerprint density at radius 3 is 2.50 bits per heavy atom. The molecule has 2 heterocycles. The van der Waals surface area contributed by atoms with Gasteiger partial charge in [0.15, 0.2) is 0 Å². The number of ether oxygens (including phenoxy) is 2. The highest BCUT2D eigenvalue weighted by atomic mass is 35.6. The first-order valence-electron chi connectivity index (χ1n) is 9.44. The van der Waals surface area contributed by atoms with Gasteiger partial charge in [-0.15, -0.1) is 11.8 Å². The van der Waals surface area contributed by atoms with Crippen LogP contribution in [0.15, 0.2) is 41.6 Å². The molecule has 2 aliphatic heterocycles. The number of hydrogen-bond donors (Lipinski definition) is 1. The molecule has 1 fully saturated rings. The maximum Gasteiger partial charge on any atom is 0.355 e. The summed E-state index contributed by atoms with van der Waals surface area (Å²) >= 11 is 18.3. The Labute approximate surface area is 203 Å². The number of amides is 2. The topological polar surface area (TPSA) is 102 Å². The minimum Gasteiger partial charge on any atom is -0.461 e. The zero-order valence-corrected chi connectivity index (χ0v) is 19.9. The third kappa shape index (κ3) is 6.10. The Morgan fingerprint density at radius 2 is 1.88 bits per heavy atom. The van der Waals surface area contributed by atoms with Gasteiger partial charge in [-0.3, -0.25) is 19.3 Å². The van der Waals surface area contributed by atoms with E-state index >= 15 is 0 Å². The molecule has 3 rings (SSSR count). The Balaban J connectivity index is 1.73. The number of halogens is 3. The Hall–Kier alpha value is -1.94. The molecule has 0 saturated carbocycles. The number of thioether (sulfide) groups is 1. The molecular weight excluding hydrogens is 503 g/mol. The van der Waals surface area contributed by atoms with Gasteiger partial charge in [0.2, 0.25) is 9.70 Å². The standard InChI is InChI=1S/C20H19Cl3N2O6S/c1-11(26)30-8-13-9-32-18-15(24-14(27)7-12-5-3-2-4-6-12)17(28)25(18)16(13)19(29)31-10-20(21,22)23/h2-6,15,18H,7-10H2,1H3,(H,24,27)/t15-,18+/m1/s1. The molecule has 2 atom stereocenters. The van der Waals surface area contributed by atoms with Crippen molar-refractivity contribution >= 4 is 70.3 Å². The Morgan fingerprint density at radius 1 is 1.19 bits per heavy atom. The molecule has 172 valence electrons. The van der Waals surface area contributed by atoms with Crippen molar-refractivity contribution in [3.8, 4) is 0 Å². The van der Waals surface area contributed by atoms with E-state index in [0.717, 1.165) is 5.56 Å². The smallest absolute Gasteiger partial charge is 0.355 e. The molecule has 1 aromatic carbocycles. The van der Waals surface area contributed by atoms with Crippen LogP contribution in [0.5, 0.6) is 0 Å². The van der Waals surface area contributed by atoms with E-state index in [4.69, 9.17) is 44.3 Å². The van der Waals surface area contributed by atoms with E-state index in [1.165, 1.54) is 23.6 Å². The lowest BCUT2D eigenvalue weighted by Crippen LogP contribution is -2.70. The molecule has 0 aliphatic carbocycles. The van der Waals surface area contributed by atoms with Gasteiger partial charge in [0.25, 0.3) is 5.91 Å². The molecule has 2 amide bonds. The first kappa shape index (κ1) is 24.7. The normalized spacial score (nSPS) is 20.2. The van der Waals surface area contributed by atoms with Crippen molar-refractivity contribution in [2.24, 2.45) is 0 Å². The summed E-state index contributed by atoms with van der Waals surface area (Å²) in [6.07, 6.45) is 0.119. The lowest BCUT2D eigenvalue weighted by Gasteiger charge is -2.49. The summed E-state index contributed by atoms with van der Waals surface area (Å²) in [5.41, 5.74) is 1.13. The first-order valence-corrected chi connectivity index (χ1v) is 11.6. The molecule has 32 heavy (non-hydrogen) atoms. The van der Waals surface area contributed by atoms with E-state index in [2.05, 4.69) is 5.32 Å². The van der Waals surface area contributed by atoms with E-state index in [-0.39, 0.29) is 30.4 Å². The lowest BCUT2D eigenvalue weighted by molar-refractivity contribution is -0.153. The quantitative estimate of drug-likeness (QED) is 0.334. The highest BCUT2D eigenvalue weighted by Crippen LogP contribution is 2.41. The van der Waals surface area contributed by atoms with Gasteiger partial charge in [0, 0.05) is 18.2 Å². The zero-order chi connectivity index (χ0) is 23.5. The molecule has 0 radical (unpaired) electrons. The second-order valence-electron chi connectivity index (χ2n) is 7.04. The van der Waals surface area contributed by atoms with Crippen LogP contribution in [0, 0.1) is 0 Å². The van der Waals surface area contributed by atoms with Crippen LogP contribution in [0.2, 0.25) is 0 Å². The summed E-state index contributed by atoms with van der Waals surface area (Å²) < 4.78 is 8.23. The molecule has 0 bridgehead atoms. The summed E-state index contributed by atoms with van der Waals surface area (Å²) in [5, 5.41) is 2.21. The summed E-state index contributed by atoms with van der Waals surface area (Å²) in [5.74, 6) is -1.94. The number of carbonyl (C=O) groups is 4. The molecule has 0 unspecified atom stereocenters. The van der Waals surface area contributed by atoms with E-state index in [9.17, 15) is 19.2 Å². The van der Waals surface area contributed by atoms with Gasteiger partial charge in [-0.1, -0.05) is 65.1 Å². The highest BCUT2D eigenvalue weighted by Gasteiger charge is 2.54. The van der Waals surface area contributed by atoms with Crippen LogP contribution in [-0.4, -0.2) is 62.8 Å². The van der Waals surface area contributed by atoms with Crippen molar-refractivity contribution in [2.75, 3.05) is 19.0 Å². The zero-order valence-electron chi connectivity index (χ0n) is 16.8. The fraction of sp³-hybridized carbons (Fsp3) is 0.400. The molecule has 2 aliphatic rings. The van der Waals surface area contributed by atoms with Crippen molar-refractivity contribution < 1.29 is 28.7 Å². The fourth-order valence-corrected chi connectivity index (χ4v) is 4.68. The number of alkyl halides is 3. The van der Waals surface area contributed by atoms with Crippen LogP contribution in [0.25, 0.3) is 0 Å². The van der Waals surface area contributed by atoms with Crippen molar-refractivity contribution in [1.29, 1.82) is 0 Å². The van der Waals surface area contributed by atoms with Gasteiger partial charge in [0.1, 0.15) is 30.3 Å². The summed E-state index contributed by atoms with van der Waals surface area (Å²) in [6, 6.07) is 8.30. The molecule has 8 nitrogen and oxygen atoms in total. The number of hydrogen-bond acceptors (Lipinski definition) is 7. The lowest BCUT2D eigenvalue weighted by atomic mass is 10.0. The van der Waals surface area contributed by atoms with Crippen molar-refractivity contribution in [2.45, 2.75) is 28.6 Å². The predicted molar refractivity (Wildman–Crippen MR) is 120 cm³/mol. The minimum absolute atomic E-state index is 0.0668. The van der Waals surface area contributed by atoms with Gasteiger partial charge in [-0.05, 0) is 5.56 Å². The van der Waals surface area contributed by atoms with Gasteiger partial charge in [-0.25, -0.2) is 4.79 Å². The number of β-lactam (4-membered cyclic amide) rings is 1. The van der Waals surface area contributed by atoms with Crippen LogP contribution < -0.4 is 5.32 Å². The third-order valence-corrected chi connectivity index (χ3v) is 6.25. The number of esters is 2. The number of carbonyl (C=O) groups excluding carboxylic acids is 4. The van der Waals surface area contributed by atoms with Crippen LogP contribution >= 0.6 is 46.6 Å².